The molecule has 0 radical (unpaired) electrons. The summed E-state index contributed by atoms with van der Waals surface area (Å²) in [5.74, 6) is 1.50. The van der Waals surface area contributed by atoms with Crippen molar-refractivity contribution in [1.29, 1.82) is 0 Å². The van der Waals surface area contributed by atoms with E-state index in [0.717, 1.165) is 17.1 Å². The van der Waals surface area contributed by atoms with Gasteiger partial charge in [0, 0.05) is 17.0 Å². The predicted octanol–water partition coefficient (Wildman–Crippen LogP) is 3.70. The molecular formula is C15H24N2OS. The molecule has 2 atom stereocenters. The molecule has 1 N–H and O–H groups in total. The van der Waals surface area contributed by atoms with Crippen LogP contribution in [-0.4, -0.2) is 10.9 Å². The largest absolute Gasteiger partial charge is 0.347 e. The van der Waals surface area contributed by atoms with Crippen molar-refractivity contribution in [2.45, 2.75) is 53.0 Å². The summed E-state index contributed by atoms with van der Waals surface area (Å²) in [5, 5.41) is 6.31. The van der Waals surface area contributed by atoms with Crippen molar-refractivity contribution in [3.8, 4) is 0 Å². The highest BCUT2D eigenvalue weighted by molar-refractivity contribution is 7.09. The van der Waals surface area contributed by atoms with E-state index in [0.29, 0.717) is 11.8 Å². The summed E-state index contributed by atoms with van der Waals surface area (Å²) in [6.07, 6.45) is 3.37. The molecule has 1 heterocycles. The van der Waals surface area contributed by atoms with E-state index in [-0.39, 0.29) is 17.9 Å². The third-order valence-corrected chi connectivity index (χ3v) is 4.78. The van der Waals surface area contributed by atoms with Crippen LogP contribution in [-0.2, 0) is 4.79 Å². The zero-order valence-electron chi connectivity index (χ0n) is 12.3. The van der Waals surface area contributed by atoms with Gasteiger partial charge in [0.05, 0.1) is 6.04 Å². The van der Waals surface area contributed by atoms with Crippen molar-refractivity contribution in [1.82, 2.24) is 10.3 Å². The minimum absolute atomic E-state index is 0.0763. The van der Waals surface area contributed by atoms with Crippen LogP contribution in [0, 0.1) is 24.7 Å². The minimum Gasteiger partial charge on any atom is -0.347 e. The van der Waals surface area contributed by atoms with E-state index >= 15 is 0 Å². The van der Waals surface area contributed by atoms with E-state index in [1.807, 2.05) is 13.8 Å². The summed E-state index contributed by atoms with van der Waals surface area (Å²) >= 11 is 1.65. The Morgan fingerprint density at radius 3 is 2.63 bits per heavy atom. The van der Waals surface area contributed by atoms with Crippen molar-refractivity contribution in [3.63, 3.8) is 0 Å². The first-order chi connectivity index (χ1) is 8.97. The molecule has 2 rings (SSSR count). The van der Waals surface area contributed by atoms with E-state index in [2.05, 4.69) is 29.5 Å². The summed E-state index contributed by atoms with van der Waals surface area (Å²) in [5.41, 5.74) is 1.04. The van der Waals surface area contributed by atoms with Crippen molar-refractivity contribution >= 4 is 17.2 Å². The molecule has 0 bridgehead atoms. The van der Waals surface area contributed by atoms with Gasteiger partial charge in [-0.2, -0.15) is 0 Å². The lowest BCUT2D eigenvalue weighted by atomic mass is 10.0. The van der Waals surface area contributed by atoms with Gasteiger partial charge in [0.15, 0.2) is 0 Å². The van der Waals surface area contributed by atoms with Gasteiger partial charge < -0.3 is 5.32 Å². The molecule has 1 aliphatic rings. The van der Waals surface area contributed by atoms with Gasteiger partial charge >= 0.3 is 0 Å². The number of rotatable bonds is 6. The van der Waals surface area contributed by atoms with Crippen molar-refractivity contribution in [3.05, 3.63) is 16.1 Å². The maximum Gasteiger partial charge on any atom is 0.223 e. The van der Waals surface area contributed by atoms with Crippen LogP contribution < -0.4 is 5.32 Å². The van der Waals surface area contributed by atoms with Crippen LogP contribution in [0.1, 0.15) is 56.8 Å². The van der Waals surface area contributed by atoms with Gasteiger partial charge in [0.1, 0.15) is 5.01 Å². The van der Waals surface area contributed by atoms with Crippen molar-refractivity contribution in [2.24, 2.45) is 17.8 Å². The topological polar surface area (TPSA) is 42.0 Å². The zero-order valence-corrected chi connectivity index (χ0v) is 13.1. The molecule has 0 saturated heterocycles. The molecule has 1 aromatic heterocycles. The Labute approximate surface area is 119 Å². The number of nitrogens with one attached hydrogen (secondary N) is 1. The number of aromatic nitrogens is 1. The Bertz CT molecular complexity index is 437. The lowest BCUT2D eigenvalue weighted by Gasteiger charge is -2.21. The van der Waals surface area contributed by atoms with E-state index in [1.54, 1.807) is 11.3 Å². The number of hydrogen-bond donors (Lipinski definition) is 1. The standard InChI is InChI=1S/C15H24N2OS/c1-9(2)7-13(15-16-10(3)8-19-15)17-14(18)11(4)12-5-6-12/h8-9,11-13H,5-7H2,1-4H3,(H,17,18). The maximum absolute atomic E-state index is 12.3. The van der Waals surface area contributed by atoms with E-state index in [9.17, 15) is 4.79 Å². The van der Waals surface area contributed by atoms with Crippen LogP contribution in [0.2, 0.25) is 0 Å². The summed E-state index contributed by atoms with van der Waals surface area (Å²) in [6.45, 7) is 8.42. The molecule has 0 aromatic carbocycles. The summed E-state index contributed by atoms with van der Waals surface area (Å²) in [7, 11) is 0. The third-order valence-electron chi connectivity index (χ3n) is 3.70. The fourth-order valence-corrected chi connectivity index (χ4v) is 3.20. The molecule has 1 fully saturated rings. The first-order valence-electron chi connectivity index (χ1n) is 7.19. The Morgan fingerprint density at radius 2 is 2.16 bits per heavy atom. The Balaban J connectivity index is 2.02. The molecule has 106 valence electrons. The molecule has 0 aliphatic heterocycles. The molecule has 1 saturated carbocycles. The van der Waals surface area contributed by atoms with Gasteiger partial charge in [-0.1, -0.05) is 20.8 Å². The number of hydrogen-bond acceptors (Lipinski definition) is 3. The number of aryl methyl sites for hydroxylation is 1. The molecule has 1 aliphatic carbocycles. The lowest BCUT2D eigenvalue weighted by Crippen LogP contribution is -2.34. The smallest absolute Gasteiger partial charge is 0.223 e. The van der Waals surface area contributed by atoms with Crippen molar-refractivity contribution in [2.75, 3.05) is 0 Å². The summed E-state index contributed by atoms with van der Waals surface area (Å²) < 4.78 is 0. The highest BCUT2D eigenvalue weighted by Gasteiger charge is 2.33. The Morgan fingerprint density at radius 1 is 1.47 bits per heavy atom. The van der Waals surface area contributed by atoms with Gasteiger partial charge in [-0.3, -0.25) is 4.79 Å². The number of amides is 1. The van der Waals surface area contributed by atoms with Crippen LogP contribution in [0.3, 0.4) is 0 Å². The molecule has 4 heteroatoms. The van der Waals surface area contributed by atoms with Crippen LogP contribution in [0.25, 0.3) is 0 Å². The van der Waals surface area contributed by atoms with E-state index in [4.69, 9.17) is 0 Å². The van der Waals surface area contributed by atoms with Gasteiger partial charge in [0.2, 0.25) is 5.91 Å². The fraction of sp³-hybridized carbons (Fsp3) is 0.733. The summed E-state index contributed by atoms with van der Waals surface area (Å²) in [4.78, 5) is 16.8. The van der Waals surface area contributed by atoms with Crippen LogP contribution in [0.15, 0.2) is 5.38 Å². The molecular weight excluding hydrogens is 256 g/mol. The average Bonchev–Trinajstić information content (AvgIpc) is 3.09. The monoisotopic (exact) mass is 280 g/mol. The van der Waals surface area contributed by atoms with Gasteiger partial charge in [-0.15, -0.1) is 11.3 Å². The lowest BCUT2D eigenvalue weighted by molar-refractivity contribution is -0.126. The molecule has 1 amide bonds. The van der Waals surface area contributed by atoms with Crippen LogP contribution in [0.5, 0.6) is 0 Å². The zero-order chi connectivity index (χ0) is 14.0. The summed E-state index contributed by atoms with van der Waals surface area (Å²) in [6, 6.07) is 0.0763. The van der Waals surface area contributed by atoms with E-state index < -0.39 is 0 Å². The second kappa shape index (κ2) is 6.04. The van der Waals surface area contributed by atoms with E-state index in [1.165, 1.54) is 12.8 Å². The molecule has 3 nitrogen and oxygen atoms in total. The minimum atomic E-state index is 0.0763. The van der Waals surface area contributed by atoms with Gasteiger partial charge in [-0.05, 0) is 38.0 Å². The molecule has 1 aromatic rings. The van der Waals surface area contributed by atoms with Crippen LogP contribution in [0.4, 0.5) is 0 Å². The second-order valence-corrected chi connectivity index (χ2v) is 7.03. The van der Waals surface area contributed by atoms with Gasteiger partial charge in [-0.25, -0.2) is 4.98 Å². The van der Waals surface area contributed by atoms with Crippen LogP contribution >= 0.6 is 11.3 Å². The number of carbonyl (C=O) groups excluding carboxylic acids is 1. The Kier molecular flexibility index (Phi) is 4.61. The first kappa shape index (κ1) is 14.5. The molecule has 19 heavy (non-hydrogen) atoms. The first-order valence-corrected chi connectivity index (χ1v) is 8.07. The SMILES string of the molecule is Cc1csc(C(CC(C)C)NC(=O)C(C)C2CC2)n1. The predicted molar refractivity (Wildman–Crippen MR) is 79.1 cm³/mol. The number of carbonyl (C=O) groups is 1. The molecule has 2 unspecified atom stereocenters. The normalized spacial score (nSPS) is 18.4. The maximum atomic E-state index is 12.3. The second-order valence-electron chi connectivity index (χ2n) is 6.14. The fourth-order valence-electron chi connectivity index (χ4n) is 2.34. The quantitative estimate of drug-likeness (QED) is 0.863. The average molecular weight is 280 g/mol. The highest BCUT2D eigenvalue weighted by Crippen LogP contribution is 2.37. The third kappa shape index (κ3) is 4.03. The number of nitrogens with zero attached hydrogens (tertiary/aromatic N) is 1. The highest BCUT2D eigenvalue weighted by atomic mass is 32.1. The number of thiazole rings is 1. The Hall–Kier alpha value is -0.900. The van der Waals surface area contributed by atoms with Crippen molar-refractivity contribution < 1.29 is 4.79 Å². The molecule has 0 spiro atoms. The van der Waals surface area contributed by atoms with Gasteiger partial charge in [0.25, 0.3) is 0 Å².